The number of nitriles is 1. The van der Waals surface area contributed by atoms with Crippen LogP contribution < -0.4 is 4.72 Å². The Bertz CT molecular complexity index is 645. The van der Waals surface area contributed by atoms with E-state index in [1.807, 2.05) is 6.07 Å². The molecule has 1 aromatic carbocycles. The largest absolute Gasteiger partial charge is 0.240 e. The Morgan fingerprint density at radius 1 is 1.42 bits per heavy atom. The molecule has 1 aromatic rings. The summed E-state index contributed by atoms with van der Waals surface area (Å²) in [6.45, 7) is 0.321. The van der Waals surface area contributed by atoms with Gasteiger partial charge in [0.05, 0.1) is 15.5 Å². The SMILES string of the molecule is N#Cc1ccc(S(=O)(=O)NCCCC2N=N2)cc1Cl. The number of hydrogen-bond donors (Lipinski definition) is 1. The molecule has 0 aliphatic carbocycles. The molecule has 0 saturated carbocycles. The van der Waals surface area contributed by atoms with Crippen molar-refractivity contribution in [2.45, 2.75) is 23.9 Å². The molecule has 0 spiro atoms. The van der Waals surface area contributed by atoms with Gasteiger partial charge in [0.2, 0.25) is 10.0 Å². The quantitative estimate of drug-likeness (QED) is 0.814. The predicted molar refractivity (Wildman–Crippen MR) is 69.2 cm³/mol. The van der Waals surface area contributed by atoms with Crippen molar-refractivity contribution in [3.63, 3.8) is 0 Å². The zero-order valence-corrected chi connectivity index (χ0v) is 11.4. The van der Waals surface area contributed by atoms with Gasteiger partial charge >= 0.3 is 0 Å². The van der Waals surface area contributed by atoms with Crippen molar-refractivity contribution in [2.24, 2.45) is 10.2 Å². The second kappa shape index (κ2) is 5.65. The third-order valence-corrected chi connectivity index (χ3v) is 4.35. The molecular formula is C11H11ClN4O2S. The van der Waals surface area contributed by atoms with Gasteiger partial charge in [0.25, 0.3) is 0 Å². The topological polar surface area (TPSA) is 94.7 Å². The molecule has 0 atom stereocenters. The first-order valence-electron chi connectivity index (χ1n) is 5.62. The van der Waals surface area contributed by atoms with Crippen molar-refractivity contribution in [3.05, 3.63) is 28.8 Å². The highest BCUT2D eigenvalue weighted by Gasteiger charge is 2.17. The number of halogens is 1. The highest BCUT2D eigenvalue weighted by Crippen LogP contribution is 2.20. The number of rotatable bonds is 6. The molecule has 19 heavy (non-hydrogen) atoms. The fourth-order valence-corrected chi connectivity index (χ4v) is 2.88. The summed E-state index contributed by atoms with van der Waals surface area (Å²) in [4.78, 5) is 0.0531. The summed E-state index contributed by atoms with van der Waals surface area (Å²) < 4.78 is 26.4. The zero-order chi connectivity index (χ0) is 13.9. The maximum absolute atomic E-state index is 11.9. The van der Waals surface area contributed by atoms with E-state index in [0.717, 1.165) is 6.42 Å². The van der Waals surface area contributed by atoms with E-state index in [1.54, 1.807) is 0 Å². The van der Waals surface area contributed by atoms with Crippen LogP contribution in [0.3, 0.4) is 0 Å². The molecule has 0 fully saturated rings. The smallest absolute Gasteiger partial charge is 0.211 e. The maximum atomic E-state index is 11.9. The number of sulfonamides is 1. The summed E-state index contributed by atoms with van der Waals surface area (Å²) in [5.74, 6) is 0. The van der Waals surface area contributed by atoms with Gasteiger partial charge in [0, 0.05) is 6.54 Å². The van der Waals surface area contributed by atoms with Gasteiger partial charge in [-0.05, 0) is 31.0 Å². The van der Waals surface area contributed by atoms with Gasteiger partial charge in [0.15, 0.2) is 6.17 Å². The van der Waals surface area contributed by atoms with Gasteiger partial charge in [0.1, 0.15) is 6.07 Å². The molecule has 0 saturated heterocycles. The van der Waals surface area contributed by atoms with Crippen molar-refractivity contribution in [2.75, 3.05) is 6.54 Å². The molecule has 0 radical (unpaired) electrons. The standard InChI is InChI=1S/C11H11ClN4O2S/c12-10-6-9(4-3-8(10)7-13)19(17,18)14-5-1-2-11-15-16-11/h3-4,6,11,14H,1-2,5H2. The normalized spacial score (nSPS) is 14.3. The Kier molecular flexibility index (Phi) is 4.14. The van der Waals surface area contributed by atoms with Crippen molar-refractivity contribution < 1.29 is 8.42 Å². The first-order valence-corrected chi connectivity index (χ1v) is 7.48. The van der Waals surface area contributed by atoms with Crippen LogP contribution in [0.1, 0.15) is 18.4 Å². The maximum Gasteiger partial charge on any atom is 0.240 e. The highest BCUT2D eigenvalue weighted by atomic mass is 35.5. The van der Waals surface area contributed by atoms with Gasteiger partial charge in [-0.25, -0.2) is 13.1 Å². The average Bonchev–Trinajstić information content (AvgIpc) is 3.18. The van der Waals surface area contributed by atoms with E-state index in [-0.39, 0.29) is 21.6 Å². The third kappa shape index (κ3) is 3.73. The molecule has 0 unspecified atom stereocenters. The Hall–Kier alpha value is -1.49. The van der Waals surface area contributed by atoms with E-state index < -0.39 is 10.0 Å². The Balaban J connectivity index is 1.97. The molecule has 6 nitrogen and oxygen atoms in total. The molecule has 0 aromatic heterocycles. The summed E-state index contributed by atoms with van der Waals surface area (Å²) in [6, 6.07) is 5.90. The molecule has 2 rings (SSSR count). The molecule has 1 aliphatic rings. The lowest BCUT2D eigenvalue weighted by Gasteiger charge is -2.07. The minimum absolute atomic E-state index is 0.0499. The third-order valence-electron chi connectivity index (χ3n) is 2.58. The first kappa shape index (κ1) is 13.9. The van der Waals surface area contributed by atoms with Crippen molar-refractivity contribution >= 4 is 21.6 Å². The molecule has 1 heterocycles. The molecule has 100 valence electrons. The minimum Gasteiger partial charge on any atom is -0.211 e. The van der Waals surface area contributed by atoms with Crippen molar-refractivity contribution in [1.29, 1.82) is 5.26 Å². The van der Waals surface area contributed by atoms with E-state index >= 15 is 0 Å². The molecular weight excluding hydrogens is 288 g/mol. The lowest BCUT2D eigenvalue weighted by atomic mass is 10.2. The molecule has 1 aliphatic heterocycles. The van der Waals surface area contributed by atoms with Gasteiger partial charge in [-0.15, -0.1) is 0 Å². The number of hydrogen-bond acceptors (Lipinski definition) is 5. The van der Waals surface area contributed by atoms with Crippen LogP contribution in [0.5, 0.6) is 0 Å². The van der Waals surface area contributed by atoms with Gasteiger partial charge in [-0.3, -0.25) is 0 Å². The van der Waals surface area contributed by atoms with Gasteiger partial charge < -0.3 is 0 Å². The van der Waals surface area contributed by atoms with Crippen LogP contribution in [0, 0.1) is 11.3 Å². The van der Waals surface area contributed by atoms with Crippen LogP contribution in [0.2, 0.25) is 5.02 Å². The van der Waals surface area contributed by atoms with Gasteiger partial charge in [-0.2, -0.15) is 15.5 Å². The predicted octanol–water partition coefficient (Wildman–Crippen LogP) is 2.06. The number of nitrogens with zero attached hydrogens (tertiary/aromatic N) is 3. The molecule has 0 amide bonds. The van der Waals surface area contributed by atoms with Crippen LogP contribution in [0.25, 0.3) is 0 Å². The first-order chi connectivity index (χ1) is 9.03. The van der Waals surface area contributed by atoms with Crippen LogP contribution in [0.15, 0.2) is 33.3 Å². The Labute approximate surface area is 116 Å². The molecule has 0 bridgehead atoms. The Morgan fingerprint density at radius 3 is 2.74 bits per heavy atom. The fraction of sp³-hybridized carbons (Fsp3) is 0.364. The monoisotopic (exact) mass is 298 g/mol. The van der Waals surface area contributed by atoms with Crippen LogP contribution in [0.4, 0.5) is 0 Å². The van der Waals surface area contributed by atoms with Gasteiger partial charge in [-0.1, -0.05) is 11.6 Å². The fourth-order valence-electron chi connectivity index (χ4n) is 1.49. The second-order valence-electron chi connectivity index (χ2n) is 4.01. The van der Waals surface area contributed by atoms with E-state index in [4.69, 9.17) is 16.9 Å². The minimum atomic E-state index is -3.59. The summed E-state index contributed by atoms with van der Waals surface area (Å²) in [6.07, 6.45) is 1.46. The van der Waals surface area contributed by atoms with E-state index in [9.17, 15) is 8.42 Å². The lowest BCUT2D eigenvalue weighted by molar-refractivity contribution is 0.575. The number of benzene rings is 1. The van der Waals surface area contributed by atoms with Crippen molar-refractivity contribution in [1.82, 2.24) is 4.72 Å². The number of nitrogens with one attached hydrogen (secondary N) is 1. The zero-order valence-electron chi connectivity index (χ0n) is 9.88. The van der Waals surface area contributed by atoms with Crippen LogP contribution in [-0.2, 0) is 10.0 Å². The molecule has 1 N–H and O–H groups in total. The van der Waals surface area contributed by atoms with Crippen LogP contribution in [-0.4, -0.2) is 21.1 Å². The average molecular weight is 299 g/mol. The molecule has 8 heteroatoms. The van der Waals surface area contributed by atoms with E-state index in [2.05, 4.69) is 15.0 Å². The second-order valence-corrected chi connectivity index (χ2v) is 6.18. The lowest BCUT2D eigenvalue weighted by Crippen LogP contribution is -2.25. The summed E-state index contributed by atoms with van der Waals surface area (Å²) in [7, 11) is -3.59. The van der Waals surface area contributed by atoms with E-state index in [1.165, 1.54) is 18.2 Å². The summed E-state index contributed by atoms with van der Waals surface area (Å²) in [5.41, 5.74) is 0.248. The van der Waals surface area contributed by atoms with Crippen LogP contribution >= 0.6 is 11.6 Å². The Morgan fingerprint density at radius 2 is 2.16 bits per heavy atom. The van der Waals surface area contributed by atoms with E-state index in [0.29, 0.717) is 13.0 Å². The summed E-state index contributed by atoms with van der Waals surface area (Å²) in [5, 5.41) is 16.3. The van der Waals surface area contributed by atoms with Crippen molar-refractivity contribution in [3.8, 4) is 6.07 Å². The summed E-state index contributed by atoms with van der Waals surface area (Å²) >= 11 is 5.81. The highest BCUT2D eigenvalue weighted by molar-refractivity contribution is 7.89.